The van der Waals surface area contributed by atoms with E-state index in [0.717, 1.165) is 0 Å². The van der Waals surface area contributed by atoms with Crippen molar-refractivity contribution in [1.82, 2.24) is 9.21 Å². The summed E-state index contributed by atoms with van der Waals surface area (Å²) in [6.45, 7) is 2.47. The third-order valence-corrected chi connectivity index (χ3v) is 6.08. The van der Waals surface area contributed by atoms with Gasteiger partial charge in [-0.15, -0.1) is 0 Å². The number of nitrogens with zero attached hydrogens (tertiary/aromatic N) is 2. The van der Waals surface area contributed by atoms with Crippen LogP contribution in [-0.2, 0) is 21.4 Å². The second kappa shape index (κ2) is 7.40. The Hall–Kier alpha value is -1.47. The van der Waals surface area contributed by atoms with E-state index in [1.807, 2.05) is 0 Å². The molecule has 1 heterocycles. The smallest absolute Gasteiger partial charge is 0.227 e. The molecule has 0 radical (unpaired) electrons. The van der Waals surface area contributed by atoms with Gasteiger partial charge in [0.1, 0.15) is 5.82 Å². The highest BCUT2D eigenvalue weighted by molar-refractivity contribution is 7.89. The van der Waals surface area contributed by atoms with Crippen LogP contribution in [0.3, 0.4) is 0 Å². The molecule has 0 N–H and O–H groups in total. The van der Waals surface area contributed by atoms with Crippen molar-refractivity contribution in [3.8, 4) is 0 Å². The molecule has 1 fully saturated rings. The number of rotatable bonds is 5. The van der Waals surface area contributed by atoms with Crippen molar-refractivity contribution in [1.29, 1.82) is 0 Å². The molecule has 0 saturated carbocycles. The highest BCUT2D eigenvalue weighted by Gasteiger charge is 2.32. The van der Waals surface area contributed by atoms with Gasteiger partial charge in [-0.1, -0.05) is 18.2 Å². The first-order chi connectivity index (χ1) is 10.8. The minimum absolute atomic E-state index is 0.0407. The van der Waals surface area contributed by atoms with Gasteiger partial charge in [0.05, 0.1) is 11.7 Å². The topological polar surface area (TPSA) is 57.7 Å². The van der Waals surface area contributed by atoms with Gasteiger partial charge >= 0.3 is 0 Å². The number of hydrogen-bond acceptors (Lipinski definition) is 3. The Morgan fingerprint density at radius 1 is 1.39 bits per heavy atom. The van der Waals surface area contributed by atoms with E-state index in [2.05, 4.69) is 0 Å². The molecular formula is C16H23FN2O3S. The van der Waals surface area contributed by atoms with Crippen LogP contribution in [-0.4, -0.2) is 49.4 Å². The van der Waals surface area contributed by atoms with Gasteiger partial charge in [0, 0.05) is 32.2 Å². The van der Waals surface area contributed by atoms with Crippen molar-refractivity contribution >= 4 is 15.9 Å². The zero-order chi connectivity index (χ0) is 17.0. The number of carbonyl (C=O) groups is 1. The molecule has 128 valence electrons. The van der Waals surface area contributed by atoms with Crippen LogP contribution < -0.4 is 0 Å². The number of benzene rings is 1. The number of halogens is 1. The van der Waals surface area contributed by atoms with Crippen LogP contribution in [0.25, 0.3) is 0 Å². The predicted molar refractivity (Wildman–Crippen MR) is 86.6 cm³/mol. The Morgan fingerprint density at radius 2 is 2.09 bits per heavy atom. The lowest BCUT2D eigenvalue weighted by Gasteiger charge is -2.33. The molecule has 1 aromatic rings. The minimum atomic E-state index is -3.28. The number of amides is 1. The molecule has 1 unspecified atom stereocenters. The van der Waals surface area contributed by atoms with Gasteiger partial charge in [-0.05, 0) is 25.8 Å². The van der Waals surface area contributed by atoms with Crippen LogP contribution in [0.2, 0.25) is 0 Å². The maximum absolute atomic E-state index is 13.7. The molecule has 1 aliphatic rings. The summed E-state index contributed by atoms with van der Waals surface area (Å²) in [6.07, 6.45) is 1.33. The average molecular weight is 342 g/mol. The number of sulfonamides is 1. The number of piperidine rings is 1. The fraction of sp³-hybridized carbons (Fsp3) is 0.562. The molecule has 0 aliphatic carbocycles. The summed E-state index contributed by atoms with van der Waals surface area (Å²) in [7, 11) is -1.65. The summed E-state index contributed by atoms with van der Waals surface area (Å²) in [5.74, 6) is -0.795. The van der Waals surface area contributed by atoms with Crippen molar-refractivity contribution in [3.05, 3.63) is 35.6 Å². The third kappa shape index (κ3) is 4.29. The van der Waals surface area contributed by atoms with Gasteiger partial charge < -0.3 is 4.90 Å². The molecule has 7 heteroatoms. The zero-order valence-electron chi connectivity index (χ0n) is 13.5. The zero-order valence-corrected chi connectivity index (χ0v) is 14.4. The summed E-state index contributed by atoms with van der Waals surface area (Å²) in [6, 6.07) is 6.35. The Kier molecular flexibility index (Phi) is 5.75. The summed E-state index contributed by atoms with van der Waals surface area (Å²) < 4.78 is 39.1. The third-order valence-electron chi connectivity index (χ3n) is 4.23. The lowest BCUT2D eigenvalue weighted by molar-refractivity contribution is -0.135. The summed E-state index contributed by atoms with van der Waals surface area (Å²) >= 11 is 0. The standard InChI is InChI=1S/C16H23FN2O3S/c1-3-23(21,22)19-10-6-8-14(12-19)16(20)18(2)11-13-7-4-5-9-15(13)17/h4-5,7,9,14H,3,6,8,10-12H2,1-2H3. The first kappa shape index (κ1) is 17.9. The van der Waals surface area contributed by atoms with E-state index in [1.54, 1.807) is 32.2 Å². The van der Waals surface area contributed by atoms with Crippen LogP contribution in [0, 0.1) is 11.7 Å². The quantitative estimate of drug-likeness (QED) is 0.820. The van der Waals surface area contributed by atoms with Crippen LogP contribution in [0.15, 0.2) is 24.3 Å². The molecule has 1 atom stereocenters. The van der Waals surface area contributed by atoms with Gasteiger partial charge in [-0.3, -0.25) is 4.79 Å². The molecule has 23 heavy (non-hydrogen) atoms. The number of hydrogen-bond donors (Lipinski definition) is 0. The van der Waals surface area contributed by atoms with Crippen molar-refractivity contribution in [2.75, 3.05) is 25.9 Å². The van der Waals surface area contributed by atoms with Crippen molar-refractivity contribution in [2.45, 2.75) is 26.3 Å². The monoisotopic (exact) mass is 342 g/mol. The van der Waals surface area contributed by atoms with E-state index in [1.165, 1.54) is 15.3 Å². The Balaban J connectivity index is 2.03. The molecule has 1 saturated heterocycles. The molecule has 0 spiro atoms. The maximum atomic E-state index is 13.7. The van der Waals surface area contributed by atoms with Gasteiger partial charge in [0.2, 0.25) is 15.9 Å². The van der Waals surface area contributed by atoms with Crippen LogP contribution >= 0.6 is 0 Å². The number of carbonyl (C=O) groups excluding carboxylic acids is 1. The molecule has 1 aromatic carbocycles. The average Bonchev–Trinajstić information content (AvgIpc) is 2.56. The molecule has 1 aliphatic heterocycles. The second-order valence-corrected chi connectivity index (χ2v) is 8.14. The minimum Gasteiger partial charge on any atom is -0.341 e. The van der Waals surface area contributed by atoms with E-state index in [9.17, 15) is 17.6 Å². The molecule has 1 amide bonds. The first-order valence-electron chi connectivity index (χ1n) is 7.81. The summed E-state index contributed by atoms with van der Waals surface area (Å²) in [4.78, 5) is 14.0. The van der Waals surface area contributed by atoms with E-state index in [0.29, 0.717) is 24.9 Å². The van der Waals surface area contributed by atoms with Gasteiger partial charge in [0.15, 0.2) is 0 Å². The fourth-order valence-electron chi connectivity index (χ4n) is 2.85. The van der Waals surface area contributed by atoms with E-state index in [4.69, 9.17) is 0 Å². The lowest BCUT2D eigenvalue weighted by Crippen LogP contribution is -2.46. The van der Waals surface area contributed by atoms with E-state index < -0.39 is 10.0 Å². The molecule has 0 aromatic heterocycles. The van der Waals surface area contributed by atoms with Gasteiger partial charge in [0.25, 0.3) is 0 Å². The van der Waals surface area contributed by atoms with Crippen molar-refractivity contribution < 1.29 is 17.6 Å². The highest BCUT2D eigenvalue weighted by Crippen LogP contribution is 2.22. The first-order valence-corrected chi connectivity index (χ1v) is 9.42. The Morgan fingerprint density at radius 3 is 2.74 bits per heavy atom. The Labute approximate surface area is 137 Å². The van der Waals surface area contributed by atoms with Crippen LogP contribution in [0.4, 0.5) is 4.39 Å². The normalized spacial score (nSPS) is 19.5. The van der Waals surface area contributed by atoms with Crippen LogP contribution in [0.1, 0.15) is 25.3 Å². The molecular weight excluding hydrogens is 319 g/mol. The van der Waals surface area contributed by atoms with Gasteiger partial charge in [-0.2, -0.15) is 0 Å². The van der Waals surface area contributed by atoms with Crippen molar-refractivity contribution in [3.63, 3.8) is 0 Å². The van der Waals surface area contributed by atoms with Gasteiger partial charge in [-0.25, -0.2) is 17.1 Å². The molecule has 2 rings (SSSR count). The highest BCUT2D eigenvalue weighted by atomic mass is 32.2. The largest absolute Gasteiger partial charge is 0.341 e. The van der Waals surface area contributed by atoms with Crippen molar-refractivity contribution in [2.24, 2.45) is 5.92 Å². The maximum Gasteiger partial charge on any atom is 0.227 e. The summed E-state index contributed by atoms with van der Waals surface area (Å²) in [5.41, 5.74) is 0.456. The predicted octanol–water partition coefficient (Wildman–Crippen LogP) is 1.85. The lowest BCUT2D eigenvalue weighted by atomic mass is 9.98. The van der Waals surface area contributed by atoms with Crippen LogP contribution in [0.5, 0.6) is 0 Å². The fourth-order valence-corrected chi connectivity index (χ4v) is 4.03. The molecule has 0 bridgehead atoms. The second-order valence-electron chi connectivity index (χ2n) is 5.88. The Bertz CT molecular complexity index is 663. The SMILES string of the molecule is CCS(=O)(=O)N1CCCC(C(=O)N(C)Cc2ccccc2F)C1. The molecule has 5 nitrogen and oxygen atoms in total. The summed E-state index contributed by atoms with van der Waals surface area (Å²) in [5, 5.41) is 0. The van der Waals surface area contributed by atoms with E-state index in [-0.39, 0.29) is 36.5 Å². The van der Waals surface area contributed by atoms with E-state index >= 15 is 0 Å².